The molecule has 4 aromatic rings. The summed E-state index contributed by atoms with van der Waals surface area (Å²) in [6, 6.07) is 16.7. The van der Waals surface area contributed by atoms with Crippen molar-refractivity contribution in [3.63, 3.8) is 0 Å². The fourth-order valence-electron chi connectivity index (χ4n) is 6.38. The molecule has 0 spiro atoms. The van der Waals surface area contributed by atoms with Crippen LogP contribution in [0.25, 0.3) is 22.3 Å². The molecule has 0 radical (unpaired) electrons. The van der Waals surface area contributed by atoms with Crippen LogP contribution in [0.1, 0.15) is 115 Å². The lowest BCUT2D eigenvalue weighted by Crippen LogP contribution is -2.37. The van der Waals surface area contributed by atoms with Crippen LogP contribution in [-0.2, 0) is 30.0 Å². The summed E-state index contributed by atoms with van der Waals surface area (Å²) in [5.74, 6) is -1.89. The summed E-state index contributed by atoms with van der Waals surface area (Å²) in [7, 11) is -1.55. The molecule has 0 saturated heterocycles. The molecule has 4 aromatic carbocycles. The Morgan fingerprint density at radius 2 is 1.14 bits per heavy atom. The number of rotatable bonds is 12. The van der Waals surface area contributed by atoms with Gasteiger partial charge in [-0.05, 0) is 157 Å². The average molecular weight is 813 g/mol. The quantitative estimate of drug-likeness (QED) is 0.134. The van der Waals surface area contributed by atoms with Crippen LogP contribution < -0.4 is 10.5 Å². The molecule has 0 bridgehead atoms. The average Bonchev–Trinajstić information content (AvgIpc) is 3.15. The predicted octanol–water partition coefficient (Wildman–Crippen LogP) is 9.58. The Morgan fingerprint density at radius 3 is 1.55 bits per heavy atom. The Morgan fingerprint density at radius 1 is 0.724 bits per heavy atom. The van der Waals surface area contributed by atoms with Gasteiger partial charge in [0.25, 0.3) is 0 Å². The summed E-state index contributed by atoms with van der Waals surface area (Å²) in [6.45, 7) is 20.3. The molecule has 0 amide bonds. The Balaban J connectivity index is 0.000000317. The first kappa shape index (κ1) is 47.1. The van der Waals surface area contributed by atoms with Crippen molar-refractivity contribution in [3.05, 3.63) is 116 Å². The maximum atomic E-state index is 15.3. The summed E-state index contributed by atoms with van der Waals surface area (Å²) >= 11 is 0. The number of halogens is 2. The van der Waals surface area contributed by atoms with E-state index in [0.29, 0.717) is 27.8 Å². The number of hydrogen-bond donors (Lipinski definition) is 2. The lowest BCUT2D eigenvalue weighted by molar-refractivity contribution is -0.144. The van der Waals surface area contributed by atoms with Crippen molar-refractivity contribution in [2.45, 2.75) is 106 Å². The molecule has 0 aliphatic rings. The predicted molar refractivity (Wildman–Crippen MR) is 225 cm³/mol. The van der Waals surface area contributed by atoms with Gasteiger partial charge in [-0.1, -0.05) is 12.1 Å². The first-order valence-corrected chi connectivity index (χ1v) is 20.2. The molecule has 308 valence electrons. The van der Waals surface area contributed by atoms with Gasteiger partial charge >= 0.3 is 11.9 Å². The third-order valence-corrected chi connectivity index (χ3v) is 11.4. The minimum absolute atomic E-state index is 0.106. The molecule has 3 atom stereocenters. The van der Waals surface area contributed by atoms with Gasteiger partial charge < -0.3 is 15.2 Å². The van der Waals surface area contributed by atoms with Crippen LogP contribution in [0.15, 0.2) is 48.5 Å². The number of nitrogens with zero attached hydrogens (tertiary/aromatic N) is 2. The number of aryl methyl sites for hydroxylation is 4. The minimum Gasteiger partial charge on any atom is -0.466 e. The molecule has 9 nitrogen and oxygen atoms in total. The standard InChI is InChI=1S/C25H31FN2O3S.C21H23FN2O2/c1-8-31-22(29)13-21(28-32(30)25(5,6)7)20-12-19(11-16(3)24(20)26)23-17(4)15(2)9-10-18(23)14-27;1-5-26-19(25)10-18(24)17-9-16(8-13(3)21(17)22)20-14(4)12(2)6-7-15(20)11-23/h9-12,21,28H,8,13H2,1-7H3;6-9,18H,5,10,24H2,1-4H3/t21-,32+;18-/m00/s1. The zero-order chi connectivity index (χ0) is 43.6. The molecular formula is C46H54F2N4O5S. The normalized spacial score (nSPS) is 12.6. The van der Waals surface area contributed by atoms with E-state index in [-0.39, 0.29) is 37.2 Å². The Labute approximate surface area is 344 Å². The third-order valence-electron chi connectivity index (χ3n) is 9.80. The van der Waals surface area contributed by atoms with Gasteiger partial charge in [-0.2, -0.15) is 10.5 Å². The molecule has 0 heterocycles. The van der Waals surface area contributed by atoms with Gasteiger partial charge in [-0.3, -0.25) is 9.59 Å². The molecule has 0 saturated carbocycles. The lowest BCUT2D eigenvalue weighted by Gasteiger charge is -2.25. The van der Waals surface area contributed by atoms with Crippen molar-refractivity contribution in [2.75, 3.05) is 13.2 Å². The summed E-state index contributed by atoms with van der Waals surface area (Å²) in [5.41, 5.74) is 15.2. The SMILES string of the molecule is CCOC(=O)C[C@H](N)c1cc(-c2c(C#N)ccc(C)c2C)cc(C)c1F.CCOC(=O)C[C@H](N[S@](=O)C(C)(C)C)c1cc(-c2c(C#N)ccc(C)c2C)cc(C)c1F. The fraction of sp³-hybridized carbons (Fsp3) is 0.391. The molecule has 4 rings (SSSR count). The molecule has 58 heavy (non-hydrogen) atoms. The van der Waals surface area contributed by atoms with Crippen molar-refractivity contribution in [2.24, 2.45) is 5.73 Å². The van der Waals surface area contributed by atoms with Gasteiger partial charge in [0.1, 0.15) is 11.6 Å². The molecular weight excluding hydrogens is 759 g/mol. The highest BCUT2D eigenvalue weighted by atomic mass is 32.2. The van der Waals surface area contributed by atoms with Crippen LogP contribution in [0.3, 0.4) is 0 Å². The van der Waals surface area contributed by atoms with Crippen LogP contribution in [0, 0.1) is 75.8 Å². The van der Waals surface area contributed by atoms with Crippen molar-refractivity contribution in [3.8, 4) is 34.4 Å². The third kappa shape index (κ3) is 11.4. The van der Waals surface area contributed by atoms with Crippen molar-refractivity contribution in [1.82, 2.24) is 4.72 Å². The van der Waals surface area contributed by atoms with Crippen LogP contribution in [0.2, 0.25) is 0 Å². The second-order valence-electron chi connectivity index (χ2n) is 15.2. The number of esters is 2. The van der Waals surface area contributed by atoms with Crippen LogP contribution in [0.5, 0.6) is 0 Å². The van der Waals surface area contributed by atoms with E-state index < -0.39 is 51.4 Å². The number of benzene rings is 4. The topological polar surface area (TPSA) is 155 Å². The number of hydrogen-bond acceptors (Lipinski definition) is 8. The summed E-state index contributed by atoms with van der Waals surface area (Å²) < 4.78 is 55.1. The number of nitrogens with one attached hydrogen (secondary N) is 1. The van der Waals surface area contributed by atoms with Gasteiger partial charge in [-0.15, -0.1) is 0 Å². The van der Waals surface area contributed by atoms with Crippen LogP contribution >= 0.6 is 0 Å². The van der Waals surface area contributed by atoms with E-state index in [2.05, 4.69) is 16.9 Å². The zero-order valence-electron chi connectivity index (χ0n) is 35.3. The summed E-state index contributed by atoms with van der Waals surface area (Å²) in [4.78, 5) is 24.0. The molecule has 12 heteroatoms. The molecule has 0 fully saturated rings. The first-order chi connectivity index (χ1) is 27.2. The Hall–Kier alpha value is -5.27. The number of ether oxygens (including phenoxy) is 2. The maximum absolute atomic E-state index is 15.3. The second kappa shape index (κ2) is 20.4. The van der Waals surface area contributed by atoms with Gasteiger partial charge in [0, 0.05) is 28.3 Å². The van der Waals surface area contributed by atoms with E-state index >= 15 is 4.39 Å². The monoisotopic (exact) mass is 812 g/mol. The fourth-order valence-corrected chi connectivity index (χ4v) is 7.21. The van der Waals surface area contributed by atoms with Gasteiger partial charge in [0.2, 0.25) is 0 Å². The van der Waals surface area contributed by atoms with E-state index in [1.165, 1.54) is 0 Å². The van der Waals surface area contributed by atoms with E-state index in [1.807, 2.05) is 39.8 Å². The van der Waals surface area contributed by atoms with Crippen molar-refractivity contribution < 1.29 is 32.1 Å². The summed E-state index contributed by atoms with van der Waals surface area (Å²) in [6.07, 6.45) is -0.279. The van der Waals surface area contributed by atoms with Crippen molar-refractivity contribution in [1.29, 1.82) is 10.5 Å². The highest BCUT2D eigenvalue weighted by molar-refractivity contribution is 7.84. The smallest absolute Gasteiger partial charge is 0.307 e. The number of nitriles is 2. The number of carbonyl (C=O) groups excluding carboxylic acids is 2. The Kier molecular flexibility index (Phi) is 16.6. The van der Waals surface area contributed by atoms with E-state index in [4.69, 9.17) is 15.2 Å². The molecule has 0 aliphatic carbocycles. The van der Waals surface area contributed by atoms with Crippen LogP contribution in [-0.4, -0.2) is 34.1 Å². The van der Waals surface area contributed by atoms with Gasteiger partial charge in [-0.25, -0.2) is 17.7 Å². The molecule has 0 aromatic heterocycles. The van der Waals surface area contributed by atoms with Crippen LogP contribution in [0.4, 0.5) is 8.78 Å². The van der Waals surface area contributed by atoms with E-state index in [9.17, 15) is 28.7 Å². The second-order valence-corrected chi connectivity index (χ2v) is 17.2. The minimum atomic E-state index is -1.55. The molecule has 3 N–H and O–H groups in total. The first-order valence-electron chi connectivity index (χ1n) is 19.1. The lowest BCUT2D eigenvalue weighted by atomic mass is 9.89. The molecule has 0 aliphatic heterocycles. The number of carbonyl (C=O) groups is 2. The zero-order valence-corrected chi connectivity index (χ0v) is 36.1. The number of nitrogens with two attached hydrogens (primary N) is 1. The molecule has 0 unspecified atom stereocenters. The van der Waals surface area contributed by atoms with Crippen molar-refractivity contribution >= 4 is 22.9 Å². The highest BCUT2D eigenvalue weighted by Crippen LogP contribution is 2.36. The highest BCUT2D eigenvalue weighted by Gasteiger charge is 2.29. The largest absolute Gasteiger partial charge is 0.466 e. The van der Waals surface area contributed by atoms with Gasteiger partial charge in [0.05, 0.1) is 71.1 Å². The van der Waals surface area contributed by atoms with E-state index in [1.54, 1.807) is 84.9 Å². The Bertz CT molecular complexity index is 2290. The summed E-state index contributed by atoms with van der Waals surface area (Å²) in [5, 5.41) is 19.1. The van der Waals surface area contributed by atoms with E-state index in [0.717, 1.165) is 38.9 Å². The van der Waals surface area contributed by atoms with Gasteiger partial charge in [0.15, 0.2) is 0 Å². The maximum Gasteiger partial charge on any atom is 0.307 e.